The van der Waals surface area contributed by atoms with Crippen LogP contribution in [0.4, 0.5) is 5.69 Å². The molecular formula is C12H17N3O2. The summed E-state index contributed by atoms with van der Waals surface area (Å²) in [5.74, 6) is 0.558. The van der Waals surface area contributed by atoms with Crippen LogP contribution in [-0.4, -0.2) is 30.6 Å². The number of nitrogens with zero attached hydrogens (tertiary/aromatic N) is 1. The summed E-state index contributed by atoms with van der Waals surface area (Å²) in [6.45, 7) is 4.07. The van der Waals surface area contributed by atoms with Gasteiger partial charge in [-0.25, -0.2) is 4.98 Å². The lowest BCUT2D eigenvalue weighted by molar-refractivity contribution is -0.119. The van der Waals surface area contributed by atoms with Crippen molar-refractivity contribution in [2.24, 2.45) is 5.92 Å². The third kappa shape index (κ3) is 2.94. The van der Waals surface area contributed by atoms with Crippen molar-refractivity contribution in [2.45, 2.75) is 13.3 Å². The molecule has 17 heavy (non-hydrogen) atoms. The second-order valence-electron chi connectivity index (χ2n) is 3.97. The molecule has 1 fully saturated rings. The number of carbonyl (C=O) groups is 1. The number of pyridine rings is 1. The molecule has 1 aromatic rings. The minimum Gasteiger partial charge on any atom is -0.476 e. The molecule has 2 rings (SSSR count). The van der Waals surface area contributed by atoms with Crippen LogP contribution >= 0.6 is 0 Å². The van der Waals surface area contributed by atoms with Gasteiger partial charge in [-0.1, -0.05) is 0 Å². The van der Waals surface area contributed by atoms with Crippen molar-refractivity contribution in [3.63, 3.8) is 0 Å². The van der Waals surface area contributed by atoms with Crippen LogP contribution in [0.3, 0.4) is 0 Å². The van der Waals surface area contributed by atoms with E-state index in [4.69, 9.17) is 4.74 Å². The van der Waals surface area contributed by atoms with E-state index in [2.05, 4.69) is 15.6 Å². The topological polar surface area (TPSA) is 63.2 Å². The molecule has 2 heterocycles. The number of hydrogen-bond acceptors (Lipinski definition) is 4. The fourth-order valence-electron chi connectivity index (χ4n) is 1.85. The third-order valence-electron chi connectivity index (χ3n) is 2.74. The lowest BCUT2D eigenvalue weighted by atomic mass is 10.1. The summed E-state index contributed by atoms with van der Waals surface area (Å²) in [6, 6.07) is 3.59. The number of nitrogens with one attached hydrogen (secondary N) is 2. The summed E-state index contributed by atoms with van der Waals surface area (Å²) in [7, 11) is 0. The van der Waals surface area contributed by atoms with Gasteiger partial charge in [0.15, 0.2) is 0 Å². The van der Waals surface area contributed by atoms with Crippen molar-refractivity contribution in [1.82, 2.24) is 10.3 Å². The van der Waals surface area contributed by atoms with Crippen LogP contribution in [0.5, 0.6) is 5.88 Å². The first-order valence-electron chi connectivity index (χ1n) is 5.90. The molecule has 1 amide bonds. The van der Waals surface area contributed by atoms with Crippen LogP contribution in [-0.2, 0) is 4.79 Å². The van der Waals surface area contributed by atoms with Crippen LogP contribution in [0.15, 0.2) is 18.3 Å². The van der Waals surface area contributed by atoms with Gasteiger partial charge in [-0.15, -0.1) is 0 Å². The van der Waals surface area contributed by atoms with Gasteiger partial charge >= 0.3 is 0 Å². The Labute approximate surface area is 101 Å². The number of carbonyl (C=O) groups excluding carboxylic acids is 1. The molecule has 1 unspecified atom stereocenters. The molecule has 5 heteroatoms. The number of anilines is 1. The van der Waals surface area contributed by atoms with Gasteiger partial charge in [0.25, 0.3) is 0 Å². The predicted octanol–water partition coefficient (Wildman–Crippen LogP) is 1.03. The van der Waals surface area contributed by atoms with E-state index in [1.165, 1.54) is 0 Å². The van der Waals surface area contributed by atoms with Crippen molar-refractivity contribution in [3.05, 3.63) is 18.3 Å². The van der Waals surface area contributed by atoms with Crippen molar-refractivity contribution in [1.29, 1.82) is 0 Å². The van der Waals surface area contributed by atoms with Crippen molar-refractivity contribution in [2.75, 3.05) is 25.0 Å². The van der Waals surface area contributed by atoms with Gasteiger partial charge in [0.05, 0.1) is 12.5 Å². The zero-order chi connectivity index (χ0) is 12.1. The Morgan fingerprint density at radius 1 is 1.71 bits per heavy atom. The summed E-state index contributed by atoms with van der Waals surface area (Å²) >= 11 is 0. The monoisotopic (exact) mass is 235 g/mol. The molecule has 92 valence electrons. The maximum atomic E-state index is 11.9. The molecule has 0 spiro atoms. The molecule has 1 aliphatic rings. The van der Waals surface area contributed by atoms with Gasteiger partial charge in [-0.2, -0.15) is 0 Å². The predicted molar refractivity (Wildman–Crippen MR) is 65.0 cm³/mol. The molecule has 0 radical (unpaired) electrons. The molecule has 2 N–H and O–H groups in total. The summed E-state index contributed by atoms with van der Waals surface area (Å²) < 4.78 is 5.36. The van der Waals surface area contributed by atoms with Crippen molar-refractivity contribution >= 4 is 11.6 Å². The Morgan fingerprint density at radius 3 is 3.29 bits per heavy atom. The van der Waals surface area contributed by atoms with Gasteiger partial charge in [0.1, 0.15) is 5.69 Å². The third-order valence-corrected chi connectivity index (χ3v) is 2.74. The summed E-state index contributed by atoms with van der Waals surface area (Å²) in [5, 5.41) is 6.04. The zero-order valence-corrected chi connectivity index (χ0v) is 9.90. The molecular weight excluding hydrogens is 218 g/mol. The number of amides is 1. The number of hydrogen-bond donors (Lipinski definition) is 2. The number of rotatable bonds is 4. The number of ether oxygens (including phenoxy) is 1. The van der Waals surface area contributed by atoms with E-state index >= 15 is 0 Å². The maximum Gasteiger partial charge on any atom is 0.237 e. The fraction of sp³-hybridized carbons (Fsp3) is 0.500. The minimum atomic E-state index is 0.0314. The Balaban J connectivity index is 2.04. The molecule has 0 aromatic carbocycles. The Bertz CT molecular complexity index is 389. The Kier molecular flexibility index (Phi) is 3.93. The number of aromatic nitrogens is 1. The summed E-state index contributed by atoms with van der Waals surface area (Å²) in [6.07, 6.45) is 2.54. The molecule has 5 nitrogen and oxygen atoms in total. The Morgan fingerprint density at radius 2 is 2.59 bits per heavy atom. The average Bonchev–Trinajstić information content (AvgIpc) is 2.85. The smallest absolute Gasteiger partial charge is 0.237 e. The summed E-state index contributed by atoms with van der Waals surface area (Å²) in [4.78, 5) is 16.0. The van der Waals surface area contributed by atoms with E-state index in [0.717, 1.165) is 19.5 Å². The van der Waals surface area contributed by atoms with Crippen LogP contribution in [0.2, 0.25) is 0 Å². The van der Waals surface area contributed by atoms with E-state index in [-0.39, 0.29) is 11.8 Å². The summed E-state index contributed by atoms with van der Waals surface area (Å²) in [5.41, 5.74) is 0.645. The van der Waals surface area contributed by atoms with E-state index in [0.29, 0.717) is 18.2 Å². The molecule has 1 aliphatic heterocycles. The normalized spacial score (nSPS) is 19.0. The first kappa shape index (κ1) is 11.9. The van der Waals surface area contributed by atoms with E-state index < -0.39 is 0 Å². The molecule has 0 bridgehead atoms. The maximum absolute atomic E-state index is 11.9. The second kappa shape index (κ2) is 5.63. The average molecular weight is 235 g/mol. The highest BCUT2D eigenvalue weighted by atomic mass is 16.5. The van der Waals surface area contributed by atoms with Crippen LogP contribution < -0.4 is 15.4 Å². The molecule has 1 aromatic heterocycles. The highest BCUT2D eigenvalue weighted by Gasteiger charge is 2.23. The van der Waals surface area contributed by atoms with Crippen LogP contribution in [0.1, 0.15) is 13.3 Å². The first-order valence-corrected chi connectivity index (χ1v) is 5.90. The van der Waals surface area contributed by atoms with E-state index in [9.17, 15) is 4.79 Å². The molecule has 1 atom stereocenters. The Hall–Kier alpha value is -1.62. The highest BCUT2D eigenvalue weighted by molar-refractivity contribution is 5.93. The highest BCUT2D eigenvalue weighted by Crippen LogP contribution is 2.22. The minimum absolute atomic E-state index is 0.0314. The van der Waals surface area contributed by atoms with E-state index in [1.54, 1.807) is 18.3 Å². The first-order chi connectivity index (χ1) is 8.31. The van der Waals surface area contributed by atoms with Gasteiger partial charge < -0.3 is 15.4 Å². The fourth-order valence-corrected chi connectivity index (χ4v) is 1.85. The van der Waals surface area contributed by atoms with Crippen molar-refractivity contribution < 1.29 is 9.53 Å². The van der Waals surface area contributed by atoms with Gasteiger partial charge in [0, 0.05) is 12.7 Å². The second-order valence-corrected chi connectivity index (χ2v) is 3.97. The quantitative estimate of drug-likeness (QED) is 0.818. The molecule has 0 aliphatic carbocycles. The van der Waals surface area contributed by atoms with Crippen LogP contribution in [0.25, 0.3) is 0 Å². The van der Waals surface area contributed by atoms with E-state index in [1.807, 2.05) is 6.92 Å². The lowest BCUT2D eigenvalue weighted by Gasteiger charge is -2.12. The zero-order valence-electron chi connectivity index (χ0n) is 9.90. The lowest BCUT2D eigenvalue weighted by Crippen LogP contribution is -2.25. The van der Waals surface area contributed by atoms with Crippen LogP contribution in [0, 0.1) is 5.92 Å². The van der Waals surface area contributed by atoms with Gasteiger partial charge in [-0.05, 0) is 32.0 Å². The standard InChI is InChI=1S/C12H17N3O2/c1-2-17-12-10(4-3-6-14-12)15-11(16)9-5-7-13-8-9/h3-4,6,9,13H,2,5,7-8H2,1H3,(H,15,16). The van der Waals surface area contributed by atoms with Gasteiger partial charge in [0.2, 0.25) is 11.8 Å². The van der Waals surface area contributed by atoms with Crippen molar-refractivity contribution in [3.8, 4) is 5.88 Å². The molecule has 1 saturated heterocycles. The SMILES string of the molecule is CCOc1ncccc1NC(=O)C1CCNC1. The molecule has 0 saturated carbocycles. The largest absolute Gasteiger partial charge is 0.476 e. The van der Waals surface area contributed by atoms with Gasteiger partial charge in [-0.3, -0.25) is 4.79 Å².